The van der Waals surface area contributed by atoms with Crippen molar-refractivity contribution in [1.82, 2.24) is 0 Å². The molecule has 3 heteroatoms. The van der Waals surface area contributed by atoms with Gasteiger partial charge in [0.15, 0.2) is 0 Å². The van der Waals surface area contributed by atoms with Gasteiger partial charge in [-0.25, -0.2) is 0 Å². The average molecular weight is 237 g/mol. The second kappa shape index (κ2) is 7.96. The number of aliphatic hydroxyl groups excluding tert-OH is 1. The predicted octanol–water partition coefficient (Wildman–Crippen LogP) is 2.68. The number of hydrogen-bond acceptors (Lipinski definition) is 3. The number of rotatable bonds is 8. The lowest BCUT2D eigenvalue weighted by Crippen LogP contribution is -2.18. The highest BCUT2D eigenvalue weighted by Gasteiger charge is 2.00. The molecule has 0 heterocycles. The van der Waals surface area contributed by atoms with Crippen molar-refractivity contribution in [2.75, 3.05) is 31.7 Å². The first kappa shape index (κ1) is 13.8. The normalized spacial score (nSPS) is 10.3. The molecule has 3 nitrogen and oxygen atoms in total. The van der Waals surface area contributed by atoms with Gasteiger partial charge in [0.2, 0.25) is 0 Å². The van der Waals surface area contributed by atoms with Crippen LogP contribution >= 0.6 is 0 Å². The Hall–Kier alpha value is -1.22. The summed E-state index contributed by atoms with van der Waals surface area (Å²) in [5.74, 6) is 0.921. The summed E-state index contributed by atoms with van der Waals surface area (Å²) in [5, 5.41) is 8.70. The standard InChI is InChI=1S/C14H23NO2/c1-3-17-14-9-7-13(8-10-14)15(2)11-5-4-6-12-16/h7-10,16H,3-6,11-12H2,1-2H3. The summed E-state index contributed by atoms with van der Waals surface area (Å²) in [6.45, 7) is 4.01. The van der Waals surface area contributed by atoms with Crippen LogP contribution in [0.2, 0.25) is 0 Å². The molecule has 0 fully saturated rings. The van der Waals surface area contributed by atoms with Crippen LogP contribution in [0.3, 0.4) is 0 Å². The van der Waals surface area contributed by atoms with E-state index in [1.54, 1.807) is 0 Å². The Balaban J connectivity index is 2.37. The molecule has 0 saturated carbocycles. The van der Waals surface area contributed by atoms with Crippen molar-refractivity contribution in [3.63, 3.8) is 0 Å². The van der Waals surface area contributed by atoms with Crippen LogP contribution in [-0.4, -0.2) is 31.9 Å². The highest BCUT2D eigenvalue weighted by Crippen LogP contribution is 2.18. The molecular formula is C14H23NO2. The molecule has 0 atom stereocenters. The van der Waals surface area contributed by atoms with E-state index in [2.05, 4.69) is 24.1 Å². The highest BCUT2D eigenvalue weighted by molar-refractivity contribution is 5.48. The summed E-state index contributed by atoms with van der Waals surface area (Å²) in [4.78, 5) is 2.23. The van der Waals surface area contributed by atoms with Crippen LogP contribution in [0.1, 0.15) is 26.2 Å². The van der Waals surface area contributed by atoms with E-state index < -0.39 is 0 Å². The number of ether oxygens (including phenoxy) is 1. The molecule has 0 spiro atoms. The van der Waals surface area contributed by atoms with Crippen LogP contribution < -0.4 is 9.64 Å². The molecule has 0 aliphatic heterocycles. The molecule has 1 rings (SSSR count). The van der Waals surface area contributed by atoms with Crippen molar-refractivity contribution in [2.24, 2.45) is 0 Å². The van der Waals surface area contributed by atoms with Crippen molar-refractivity contribution < 1.29 is 9.84 Å². The van der Waals surface area contributed by atoms with Gasteiger partial charge < -0.3 is 14.7 Å². The van der Waals surface area contributed by atoms with Crippen LogP contribution in [0.4, 0.5) is 5.69 Å². The lowest BCUT2D eigenvalue weighted by molar-refractivity contribution is 0.283. The molecular weight excluding hydrogens is 214 g/mol. The highest BCUT2D eigenvalue weighted by atomic mass is 16.5. The Kier molecular flexibility index (Phi) is 6.48. The van der Waals surface area contributed by atoms with Gasteiger partial charge in [-0.1, -0.05) is 0 Å². The van der Waals surface area contributed by atoms with E-state index in [4.69, 9.17) is 9.84 Å². The Morgan fingerprint density at radius 1 is 1.12 bits per heavy atom. The molecule has 1 N–H and O–H groups in total. The number of unbranched alkanes of at least 4 members (excludes halogenated alkanes) is 2. The van der Waals surface area contributed by atoms with E-state index in [1.165, 1.54) is 5.69 Å². The molecule has 96 valence electrons. The zero-order chi connectivity index (χ0) is 12.5. The molecule has 0 aromatic heterocycles. The minimum Gasteiger partial charge on any atom is -0.494 e. The van der Waals surface area contributed by atoms with E-state index >= 15 is 0 Å². The van der Waals surface area contributed by atoms with Gasteiger partial charge >= 0.3 is 0 Å². The zero-order valence-electron chi connectivity index (χ0n) is 10.9. The fourth-order valence-electron chi connectivity index (χ4n) is 1.73. The maximum absolute atomic E-state index is 8.70. The maximum Gasteiger partial charge on any atom is 0.119 e. The van der Waals surface area contributed by atoms with Crippen molar-refractivity contribution in [1.29, 1.82) is 0 Å². The van der Waals surface area contributed by atoms with Crippen molar-refractivity contribution >= 4 is 5.69 Å². The third kappa shape index (κ3) is 5.09. The van der Waals surface area contributed by atoms with Crippen LogP contribution in [0, 0.1) is 0 Å². The fraction of sp³-hybridized carbons (Fsp3) is 0.571. The van der Waals surface area contributed by atoms with Crippen molar-refractivity contribution in [3.8, 4) is 5.75 Å². The summed E-state index contributed by atoms with van der Waals surface area (Å²) >= 11 is 0. The number of aliphatic hydroxyl groups is 1. The molecule has 0 unspecified atom stereocenters. The topological polar surface area (TPSA) is 32.7 Å². The molecule has 0 saturated heterocycles. The average Bonchev–Trinajstić information content (AvgIpc) is 2.36. The smallest absolute Gasteiger partial charge is 0.119 e. The van der Waals surface area contributed by atoms with Crippen molar-refractivity contribution in [2.45, 2.75) is 26.2 Å². The summed E-state index contributed by atoms with van der Waals surface area (Å²) in [7, 11) is 2.09. The Labute approximate surface area is 104 Å². The molecule has 0 amide bonds. The van der Waals surface area contributed by atoms with Gasteiger partial charge in [0.05, 0.1) is 6.61 Å². The summed E-state index contributed by atoms with van der Waals surface area (Å²) in [5.41, 5.74) is 1.21. The molecule has 0 aliphatic carbocycles. The van der Waals surface area contributed by atoms with Crippen LogP contribution in [0.25, 0.3) is 0 Å². The van der Waals surface area contributed by atoms with Gasteiger partial charge in [0.25, 0.3) is 0 Å². The Bertz CT molecular complexity index is 298. The Morgan fingerprint density at radius 2 is 1.82 bits per heavy atom. The van der Waals surface area contributed by atoms with Gasteiger partial charge in [-0.15, -0.1) is 0 Å². The number of benzene rings is 1. The van der Waals surface area contributed by atoms with E-state index in [1.807, 2.05) is 19.1 Å². The molecule has 1 aromatic rings. The number of nitrogens with zero attached hydrogens (tertiary/aromatic N) is 1. The van der Waals surface area contributed by atoms with E-state index in [0.29, 0.717) is 13.2 Å². The zero-order valence-corrected chi connectivity index (χ0v) is 10.9. The van der Waals surface area contributed by atoms with Crippen LogP contribution in [0.5, 0.6) is 5.75 Å². The first-order valence-corrected chi connectivity index (χ1v) is 6.32. The molecule has 1 aromatic carbocycles. The minimum absolute atomic E-state index is 0.298. The molecule has 0 radical (unpaired) electrons. The fourth-order valence-corrected chi connectivity index (χ4v) is 1.73. The monoisotopic (exact) mass is 237 g/mol. The lowest BCUT2D eigenvalue weighted by Gasteiger charge is -2.19. The van der Waals surface area contributed by atoms with E-state index in [9.17, 15) is 0 Å². The first-order valence-electron chi connectivity index (χ1n) is 6.32. The third-order valence-electron chi connectivity index (χ3n) is 2.74. The first-order chi connectivity index (χ1) is 8.27. The molecule has 0 aliphatic rings. The van der Waals surface area contributed by atoms with Gasteiger partial charge in [0, 0.05) is 25.9 Å². The summed E-state index contributed by atoms with van der Waals surface area (Å²) < 4.78 is 5.41. The largest absolute Gasteiger partial charge is 0.494 e. The molecule has 0 bridgehead atoms. The van der Waals surface area contributed by atoms with Gasteiger partial charge in [-0.2, -0.15) is 0 Å². The SMILES string of the molecule is CCOc1ccc(N(C)CCCCCO)cc1. The van der Waals surface area contributed by atoms with Gasteiger partial charge in [0.1, 0.15) is 5.75 Å². The predicted molar refractivity (Wildman–Crippen MR) is 71.8 cm³/mol. The van der Waals surface area contributed by atoms with Crippen LogP contribution in [0.15, 0.2) is 24.3 Å². The third-order valence-corrected chi connectivity index (χ3v) is 2.74. The quantitative estimate of drug-likeness (QED) is 0.706. The van der Waals surface area contributed by atoms with Gasteiger partial charge in [-0.3, -0.25) is 0 Å². The maximum atomic E-state index is 8.70. The lowest BCUT2D eigenvalue weighted by atomic mass is 10.2. The second-order valence-corrected chi connectivity index (χ2v) is 4.13. The Morgan fingerprint density at radius 3 is 2.41 bits per heavy atom. The minimum atomic E-state index is 0.298. The van der Waals surface area contributed by atoms with E-state index in [-0.39, 0.29) is 0 Å². The van der Waals surface area contributed by atoms with Gasteiger partial charge in [-0.05, 0) is 50.5 Å². The summed E-state index contributed by atoms with van der Waals surface area (Å²) in [6.07, 6.45) is 3.10. The molecule has 17 heavy (non-hydrogen) atoms. The van der Waals surface area contributed by atoms with Crippen molar-refractivity contribution in [3.05, 3.63) is 24.3 Å². The second-order valence-electron chi connectivity index (χ2n) is 4.13. The van der Waals surface area contributed by atoms with E-state index in [0.717, 1.165) is 31.6 Å². The number of hydrogen-bond donors (Lipinski definition) is 1. The summed E-state index contributed by atoms with van der Waals surface area (Å²) in [6, 6.07) is 8.17. The number of anilines is 1. The van der Waals surface area contributed by atoms with Crippen LogP contribution in [-0.2, 0) is 0 Å².